The Morgan fingerprint density at radius 3 is 2.00 bits per heavy atom. The van der Waals surface area contributed by atoms with E-state index in [9.17, 15) is 4.79 Å². The predicted molar refractivity (Wildman–Crippen MR) is 36.2 cm³/mol. The first-order valence-corrected chi connectivity index (χ1v) is 3.86. The summed E-state index contributed by atoms with van der Waals surface area (Å²) in [5, 5.41) is 0. The van der Waals surface area contributed by atoms with Crippen LogP contribution < -0.4 is 0 Å². The number of carbonyl (C=O) groups excluding carboxylic acids is 1. The van der Waals surface area contributed by atoms with E-state index >= 15 is 0 Å². The zero-order valence-electron chi connectivity index (χ0n) is 5.83. The van der Waals surface area contributed by atoms with E-state index in [1.54, 1.807) is 6.92 Å². The Labute approximate surface area is 68.5 Å². The first kappa shape index (κ1) is 12.9. The molecule has 0 amide bonds. The van der Waals surface area contributed by atoms with Gasteiger partial charge < -0.3 is 9.79 Å². The van der Waals surface area contributed by atoms with Crippen molar-refractivity contribution in [2.24, 2.45) is 0 Å². The van der Waals surface area contributed by atoms with Gasteiger partial charge in [0.25, 0.3) is 0 Å². The van der Waals surface area contributed by atoms with Gasteiger partial charge in [0.1, 0.15) is 0 Å². The van der Waals surface area contributed by atoms with Gasteiger partial charge in [-0.3, -0.25) is 4.57 Å². The Morgan fingerprint density at radius 2 is 2.00 bits per heavy atom. The van der Waals surface area contributed by atoms with Crippen LogP contribution >= 0.6 is 8.25 Å². The van der Waals surface area contributed by atoms with E-state index in [-0.39, 0.29) is 4.64 Å². The molecule has 0 fully saturated rings. The summed E-state index contributed by atoms with van der Waals surface area (Å²) in [4.78, 5) is 24.1. The van der Waals surface area contributed by atoms with E-state index in [2.05, 4.69) is 4.74 Å². The van der Waals surface area contributed by atoms with Crippen LogP contribution in [0.4, 0.5) is 4.79 Å². The van der Waals surface area contributed by atoms with Gasteiger partial charge in [-0.1, -0.05) is 0 Å². The molecule has 0 spiro atoms. The number of ether oxygens (including phenoxy) is 1. The molecule has 7 heteroatoms. The molecule has 56 valence electrons. The van der Waals surface area contributed by atoms with Gasteiger partial charge in [0.2, 0.25) is 0 Å². The molecule has 0 aliphatic carbocycles. The van der Waals surface area contributed by atoms with Crippen molar-refractivity contribution in [1.82, 2.24) is 0 Å². The molecule has 0 saturated heterocycles. The van der Waals surface area contributed by atoms with Crippen LogP contribution in [0.3, 0.4) is 0 Å². The standard InChI is InChI=1S/C3H5O2.Li.H3O3P/c1-2-5-3-4;;1-4(2)3/h2H2,1H3;;4H,(H2,1,2,3). The van der Waals surface area contributed by atoms with Crippen molar-refractivity contribution in [2.45, 2.75) is 6.92 Å². The number of hydrogen-bond acceptors (Lipinski definition) is 3. The van der Waals surface area contributed by atoms with Gasteiger partial charge >= 0.3 is 53.7 Å². The van der Waals surface area contributed by atoms with Crippen LogP contribution in [-0.4, -0.2) is 38.8 Å². The van der Waals surface area contributed by atoms with Gasteiger partial charge in [-0.15, -0.1) is 0 Å². The molecule has 0 rings (SSSR count). The summed E-state index contributed by atoms with van der Waals surface area (Å²) in [6.45, 7) is 2.26. The average molecular weight is 162 g/mol. The predicted octanol–water partition coefficient (Wildman–Crippen LogP) is -0.328. The van der Waals surface area contributed by atoms with Crippen LogP contribution in [0.2, 0.25) is 0 Å². The van der Waals surface area contributed by atoms with Gasteiger partial charge in [0.15, 0.2) is 0 Å². The van der Waals surface area contributed by atoms with Gasteiger partial charge in [0.05, 0.1) is 0 Å². The number of carbonyl (C=O) groups is 1. The summed E-state index contributed by atoms with van der Waals surface area (Å²) in [6, 6.07) is 0. The maximum atomic E-state index is 9.82. The first-order valence-electron chi connectivity index (χ1n) is 2.56. The monoisotopic (exact) mass is 162 g/mol. The van der Waals surface area contributed by atoms with E-state index in [0.717, 1.165) is 0 Å². The second-order valence-electron chi connectivity index (χ2n) is 1.21. The molecule has 0 atom stereocenters. The summed E-state index contributed by atoms with van der Waals surface area (Å²) in [5.41, 5.74) is 0. The van der Waals surface area contributed by atoms with Crippen LogP contribution in [0, 0.1) is 0 Å². The second-order valence-corrected chi connectivity index (χ2v) is 1.77. The maximum absolute atomic E-state index is 9.82. The molecule has 0 bridgehead atoms. The summed E-state index contributed by atoms with van der Waals surface area (Å²) < 4.78 is 12.9. The van der Waals surface area contributed by atoms with Gasteiger partial charge in [-0.2, -0.15) is 0 Å². The molecule has 2 N–H and O–H groups in total. The zero-order chi connectivity index (χ0) is 8.57. The molecule has 0 radical (unpaired) electrons. The minimum absolute atomic E-state index is 0.211. The minimum atomic E-state index is -3.13. The first-order chi connectivity index (χ1) is 4.50. The van der Waals surface area contributed by atoms with Crippen molar-refractivity contribution >= 4 is 30.6 Å². The van der Waals surface area contributed by atoms with Gasteiger partial charge in [-0.05, 0) is 0 Å². The Morgan fingerprint density at radius 1 is 1.70 bits per heavy atom. The molecule has 0 saturated carbocycles. The molecule has 0 unspecified atom stereocenters. The van der Waals surface area contributed by atoms with E-state index in [1.807, 2.05) is 0 Å². The molecular formula is C3H8LiO5P. The average Bonchev–Trinajstić information content (AvgIpc) is 1.62. The van der Waals surface area contributed by atoms with Crippen LogP contribution in [0.1, 0.15) is 6.92 Å². The van der Waals surface area contributed by atoms with Crippen molar-refractivity contribution in [3.8, 4) is 0 Å². The van der Waals surface area contributed by atoms with Crippen LogP contribution in [-0.2, 0) is 9.30 Å². The topological polar surface area (TPSA) is 83.8 Å². The van der Waals surface area contributed by atoms with Crippen molar-refractivity contribution in [1.29, 1.82) is 0 Å². The van der Waals surface area contributed by atoms with Crippen molar-refractivity contribution in [2.75, 3.05) is 6.61 Å². The summed E-state index contributed by atoms with van der Waals surface area (Å²) in [5.74, 6) is 0. The molecular weight excluding hydrogens is 154 g/mol. The second kappa shape index (κ2) is 9.22. The fourth-order valence-electron chi connectivity index (χ4n) is 0.203. The fourth-order valence-corrected chi connectivity index (χ4v) is 0.203. The molecule has 5 nitrogen and oxygen atoms in total. The quantitative estimate of drug-likeness (QED) is 0.407. The molecule has 0 aromatic heterocycles. The third-order valence-electron chi connectivity index (χ3n) is 0.348. The Hall–Kier alpha value is 0.217. The zero-order valence-corrected chi connectivity index (χ0v) is 6.83. The van der Waals surface area contributed by atoms with E-state index in [4.69, 9.17) is 14.4 Å². The molecule has 0 aromatic carbocycles. The van der Waals surface area contributed by atoms with Crippen molar-refractivity contribution in [3.63, 3.8) is 0 Å². The van der Waals surface area contributed by atoms with Crippen LogP contribution in [0.15, 0.2) is 0 Å². The van der Waals surface area contributed by atoms with Gasteiger partial charge in [-0.25, -0.2) is 0 Å². The normalized spacial score (nSPS) is 8.20. The molecule has 0 aliphatic heterocycles. The number of hydrogen-bond donors (Lipinski definition) is 2. The Kier molecular flexibility index (Phi) is 11.8. The molecule has 0 aliphatic rings. The van der Waals surface area contributed by atoms with Crippen molar-refractivity contribution < 1.29 is 23.9 Å². The fraction of sp³-hybridized carbons (Fsp3) is 0.667. The molecule has 0 heterocycles. The van der Waals surface area contributed by atoms with E-state index < -0.39 is 8.25 Å². The SMILES string of the molecule is O=[PH](O)O.[Li][C](=O)OCC. The summed E-state index contributed by atoms with van der Waals surface area (Å²) >= 11 is 1.39. The summed E-state index contributed by atoms with van der Waals surface area (Å²) in [7, 11) is -3.13. The summed E-state index contributed by atoms with van der Waals surface area (Å²) in [6.07, 6.45) is 0. The third-order valence-corrected chi connectivity index (χ3v) is 0.348. The van der Waals surface area contributed by atoms with E-state index in [1.165, 1.54) is 17.7 Å². The Bertz CT molecular complexity index is 111. The number of rotatable bonds is 1. The van der Waals surface area contributed by atoms with Crippen molar-refractivity contribution in [3.05, 3.63) is 0 Å². The Balaban J connectivity index is 0. The van der Waals surface area contributed by atoms with Crippen LogP contribution in [0.25, 0.3) is 0 Å². The third kappa shape index (κ3) is 41.4. The molecule has 10 heavy (non-hydrogen) atoms. The van der Waals surface area contributed by atoms with Crippen LogP contribution in [0.5, 0.6) is 0 Å². The molecule has 0 aromatic rings. The van der Waals surface area contributed by atoms with E-state index in [0.29, 0.717) is 6.61 Å². The van der Waals surface area contributed by atoms with Gasteiger partial charge in [0, 0.05) is 0 Å².